The van der Waals surface area contributed by atoms with Crippen molar-refractivity contribution in [1.29, 1.82) is 0 Å². The second kappa shape index (κ2) is 8.98. The van der Waals surface area contributed by atoms with E-state index >= 15 is 0 Å². The van der Waals surface area contributed by atoms with Gasteiger partial charge in [-0.2, -0.15) is 0 Å². The maximum absolute atomic E-state index is 12.3. The summed E-state index contributed by atoms with van der Waals surface area (Å²) in [5, 5.41) is 2.80. The zero-order valence-electron chi connectivity index (χ0n) is 14.9. The Hall–Kier alpha value is -2.16. The van der Waals surface area contributed by atoms with Crippen LogP contribution in [0.1, 0.15) is 22.2 Å². The molecule has 8 heteroatoms. The molecule has 0 aliphatic carbocycles. The molecule has 0 fully saturated rings. The van der Waals surface area contributed by atoms with Crippen LogP contribution in [0, 0.1) is 6.92 Å². The van der Waals surface area contributed by atoms with E-state index in [1.54, 1.807) is 36.5 Å². The Morgan fingerprint density at radius 2 is 2.04 bits per heavy atom. The average Bonchev–Trinajstić information content (AvgIpc) is 3.03. The molecule has 1 heterocycles. The fraction of sp³-hybridized carbons (Fsp3) is 0.278. The largest absolute Gasteiger partial charge is 0.495 e. The molecule has 1 amide bonds. The Labute approximate surface area is 157 Å². The van der Waals surface area contributed by atoms with E-state index in [0.717, 1.165) is 4.88 Å². The van der Waals surface area contributed by atoms with Crippen molar-refractivity contribution < 1.29 is 17.9 Å². The fourth-order valence-electron chi connectivity index (χ4n) is 2.26. The van der Waals surface area contributed by atoms with Crippen LogP contribution < -0.4 is 14.8 Å². The summed E-state index contributed by atoms with van der Waals surface area (Å²) >= 11 is 1.63. The second-order valence-electron chi connectivity index (χ2n) is 5.48. The van der Waals surface area contributed by atoms with Crippen LogP contribution >= 0.6 is 11.3 Å². The Balaban J connectivity index is 2.10. The first-order valence-corrected chi connectivity index (χ1v) is 10.3. The standard InChI is InChI=1S/C18H22N2O4S2/c1-4-20-26(22,23)17-11-14(6-9-16(17)24-3)7-10-18(21)19-12-15-8-5-13(2)25-15/h5-11,20H,4,12H2,1-3H3,(H,19,21). The highest BCUT2D eigenvalue weighted by Gasteiger charge is 2.18. The molecule has 2 N–H and O–H groups in total. The smallest absolute Gasteiger partial charge is 0.244 e. The van der Waals surface area contributed by atoms with Crippen LogP contribution in [0.2, 0.25) is 0 Å². The molecule has 0 unspecified atom stereocenters. The van der Waals surface area contributed by atoms with Gasteiger partial charge in [0.25, 0.3) is 0 Å². The molecule has 1 aromatic carbocycles. The maximum atomic E-state index is 12.3. The van der Waals surface area contributed by atoms with Gasteiger partial charge in [0.1, 0.15) is 10.6 Å². The number of hydrogen-bond acceptors (Lipinski definition) is 5. The first-order valence-electron chi connectivity index (χ1n) is 8.04. The van der Waals surface area contributed by atoms with Gasteiger partial charge in [0.2, 0.25) is 15.9 Å². The minimum atomic E-state index is -3.67. The lowest BCUT2D eigenvalue weighted by atomic mass is 10.2. The monoisotopic (exact) mass is 394 g/mol. The third-order valence-electron chi connectivity index (χ3n) is 3.47. The number of benzene rings is 1. The van der Waals surface area contributed by atoms with Crippen molar-refractivity contribution in [3.05, 3.63) is 51.7 Å². The molecule has 0 atom stereocenters. The highest BCUT2D eigenvalue weighted by atomic mass is 32.2. The average molecular weight is 395 g/mol. The highest BCUT2D eigenvalue weighted by Crippen LogP contribution is 2.25. The van der Waals surface area contributed by atoms with Gasteiger partial charge in [-0.3, -0.25) is 4.79 Å². The molecule has 0 aliphatic rings. The van der Waals surface area contributed by atoms with Crippen molar-refractivity contribution in [3.63, 3.8) is 0 Å². The van der Waals surface area contributed by atoms with Crippen LogP contribution in [0.25, 0.3) is 6.08 Å². The van der Waals surface area contributed by atoms with Gasteiger partial charge < -0.3 is 10.1 Å². The molecule has 0 radical (unpaired) electrons. The lowest BCUT2D eigenvalue weighted by molar-refractivity contribution is -0.116. The van der Waals surface area contributed by atoms with Crippen LogP contribution in [0.15, 0.2) is 41.3 Å². The first-order chi connectivity index (χ1) is 12.4. The van der Waals surface area contributed by atoms with Crippen molar-refractivity contribution >= 4 is 33.3 Å². The van der Waals surface area contributed by atoms with Gasteiger partial charge in [-0.15, -0.1) is 11.3 Å². The molecule has 0 spiro atoms. The van der Waals surface area contributed by atoms with Gasteiger partial charge in [-0.05, 0) is 42.8 Å². The Morgan fingerprint density at radius 3 is 2.65 bits per heavy atom. The molecule has 0 saturated heterocycles. The van der Waals surface area contributed by atoms with E-state index in [1.807, 2.05) is 19.1 Å². The van der Waals surface area contributed by atoms with Gasteiger partial charge >= 0.3 is 0 Å². The number of rotatable bonds is 8. The third-order valence-corrected chi connectivity index (χ3v) is 6.04. The zero-order valence-corrected chi connectivity index (χ0v) is 16.5. The van der Waals surface area contributed by atoms with Gasteiger partial charge in [0.05, 0.1) is 13.7 Å². The summed E-state index contributed by atoms with van der Waals surface area (Å²) in [5.41, 5.74) is 0.587. The Morgan fingerprint density at radius 1 is 1.27 bits per heavy atom. The van der Waals surface area contributed by atoms with E-state index in [0.29, 0.717) is 12.1 Å². The molecule has 0 aliphatic heterocycles. The van der Waals surface area contributed by atoms with Crippen molar-refractivity contribution in [2.45, 2.75) is 25.3 Å². The number of aryl methyl sites for hydroxylation is 1. The summed E-state index contributed by atoms with van der Waals surface area (Å²) in [4.78, 5) is 14.3. The van der Waals surface area contributed by atoms with Crippen LogP contribution in [0.5, 0.6) is 5.75 Å². The highest BCUT2D eigenvalue weighted by molar-refractivity contribution is 7.89. The van der Waals surface area contributed by atoms with E-state index in [9.17, 15) is 13.2 Å². The second-order valence-corrected chi connectivity index (χ2v) is 8.58. The Bertz CT molecular complexity index is 902. The molecular formula is C18H22N2O4S2. The summed E-state index contributed by atoms with van der Waals surface area (Å²) in [5.74, 6) is 0.00331. The molecule has 140 valence electrons. The molecular weight excluding hydrogens is 372 g/mol. The van der Waals surface area contributed by atoms with Crippen LogP contribution in [0.3, 0.4) is 0 Å². The van der Waals surface area contributed by atoms with E-state index in [1.165, 1.54) is 24.1 Å². The molecule has 26 heavy (non-hydrogen) atoms. The topological polar surface area (TPSA) is 84.5 Å². The van der Waals surface area contributed by atoms with Crippen molar-refractivity contribution in [2.75, 3.05) is 13.7 Å². The van der Waals surface area contributed by atoms with E-state index < -0.39 is 10.0 Å². The number of carbonyl (C=O) groups excluding carboxylic acids is 1. The summed E-state index contributed by atoms with van der Waals surface area (Å²) in [6.07, 6.45) is 2.95. The normalized spacial score (nSPS) is 11.7. The van der Waals surface area contributed by atoms with E-state index in [2.05, 4.69) is 10.0 Å². The van der Waals surface area contributed by atoms with Crippen LogP contribution in [-0.2, 0) is 21.4 Å². The summed E-state index contributed by atoms with van der Waals surface area (Å²) in [6.45, 7) is 4.45. The number of carbonyl (C=O) groups is 1. The minimum absolute atomic E-state index is 0.0402. The number of ether oxygens (including phenoxy) is 1. The number of hydrogen-bond donors (Lipinski definition) is 2. The SMILES string of the molecule is CCNS(=O)(=O)c1cc(C=CC(=O)NCc2ccc(C)s2)ccc1OC. The molecule has 2 rings (SSSR count). The number of nitrogens with one attached hydrogen (secondary N) is 2. The van der Waals surface area contributed by atoms with Crippen molar-refractivity contribution in [3.8, 4) is 5.75 Å². The van der Waals surface area contributed by atoms with E-state index in [4.69, 9.17) is 4.74 Å². The quantitative estimate of drug-likeness (QED) is 0.674. The summed E-state index contributed by atoms with van der Waals surface area (Å²) in [7, 11) is -2.25. The van der Waals surface area contributed by atoms with Gasteiger partial charge in [-0.25, -0.2) is 13.1 Å². The van der Waals surface area contributed by atoms with Crippen LogP contribution in [-0.4, -0.2) is 28.0 Å². The molecule has 6 nitrogen and oxygen atoms in total. The van der Waals surface area contributed by atoms with Gasteiger partial charge in [-0.1, -0.05) is 13.0 Å². The lowest BCUT2D eigenvalue weighted by Crippen LogP contribution is -2.23. The number of methoxy groups -OCH3 is 1. The fourth-order valence-corrected chi connectivity index (χ4v) is 4.33. The van der Waals surface area contributed by atoms with Crippen molar-refractivity contribution in [2.24, 2.45) is 0 Å². The lowest BCUT2D eigenvalue weighted by Gasteiger charge is -2.10. The molecule has 1 aromatic heterocycles. The minimum Gasteiger partial charge on any atom is -0.495 e. The third kappa shape index (κ3) is 5.42. The first kappa shape index (κ1) is 20.2. The van der Waals surface area contributed by atoms with Gasteiger partial charge in [0.15, 0.2) is 0 Å². The summed E-state index contributed by atoms with van der Waals surface area (Å²) < 4.78 is 32.1. The maximum Gasteiger partial charge on any atom is 0.244 e. The van der Waals surface area contributed by atoms with Crippen LogP contribution in [0.4, 0.5) is 0 Å². The molecule has 0 bridgehead atoms. The number of thiophene rings is 1. The van der Waals surface area contributed by atoms with E-state index in [-0.39, 0.29) is 23.1 Å². The predicted molar refractivity (Wildman–Crippen MR) is 104 cm³/mol. The zero-order chi connectivity index (χ0) is 19.2. The molecule has 2 aromatic rings. The number of sulfonamides is 1. The van der Waals surface area contributed by atoms with Gasteiger partial charge in [0, 0.05) is 22.4 Å². The number of amides is 1. The summed E-state index contributed by atoms with van der Waals surface area (Å²) in [6, 6.07) is 8.71. The predicted octanol–water partition coefficient (Wildman–Crippen LogP) is 2.69. The van der Waals surface area contributed by atoms with Crippen molar-refractivity contribution in [1.82, 2.24) is 10.0 Å². The molecule has 0 saturated carbocycles. The Kier molecular flexibility index (Phi) is 6.96.